The minimum Gasteiger partial charge on any atom is -0.326 e. The van der Waals surface area contributed by atoms with Gasteiger partial charge in [-0.15, -0.1) is 23.2 Å². The maximum absolute atomic E-state index is 13.3. The number of imide groups is 1. The molecule has 0 atom stereocenters. The molecule has 1 N–H and O–H groups in total. The van der Waals surface area contributed by atoms with Crippen molar-refractivity contribution in [1.29, 1.82) is 0 Å². The Balaban J connectivity index is 0.000000978. The molecule has 238 valence electrons. The van der Waals surface area contributed by atoms with Crippen LogP contribution in [0, 0.1) is 5.41 Å². The Kier molecular flexibility index (Phi) is 13.2. The number of nitrogens with one attached hydrogen (secondary N) is 1. The molecule has 3 amide bonds. The first kappa shape index (κ1) is 35.5. The molecule has 0 bridgehead atoms. The number of halogens is 2. The number of anilines is 1. The zero-order valence-electron chi connectivity index (χ0n) is 27.0. The van der Waals surface area contributed by atoms with Crippen LogP contribution >= 0.6 is 23.2 Å². The third-order valence-corrected chi connectivity index (χ3v) is 7.65. The van der Waals surface area contributed by atoms with E-state index in [1.165, 1.54) is 16.0 Å². The van der Waals surface area contributed by atoms with Crippen molar-refractivity contribution in [2.24, 2.45) is 5.41 Å². The van der Waals surface area contributed by atoms with Gasteiger partial charge in [-0.05, 0) is 85.8 Å². The fourth-order valence-electron chi connectivity index (χ4n) is 5.11. The van der Waals surface area contributed by atoms with Gasteiger partial charge in [0.1, 0.15) is 0 Å². The number of hydrogen-bond donors (Lipinski definition) is 1. The van der Waals surface area contributed by atoms with Crippen LogP contribution in [0.1, 0.15) is 91.1 Å². The Morgan fingerprint density at radius 1 is 0.909 bits per heavy atom. The maximum atomic E-state index is 13.3. The van der Waals surface area contributed by atoms with E-state index >= 15 is 0 Å². The maximum Gasteiger partial charge on any atom is 0.261 e. The van der Waals surface area contributed by atoms with Crippen molar-refractivity contribution in [1.82, 2.24) is 9.80 Å². The predicted octanol–water partition coefficient (Wildman–Crippen LogP) is 8.35. The summed E-state index contributed by atoms with van der Waals surface area (Å²) in [6.07, 6.45) is 3.66. The highest BCUT2D eigenvalue weighted by Crippen LogP contribution is 2.33. The molecule has 0 radical (unpaired) electrons. The molecule has 1 aliphatic heterocycles. The van der Waals surface area contributed by atoms with Crippen LogP contribution < -0.4 is 5.32 Å². The van der Waals surface area contributed by atoms with Crippen LogP contribution in [-0.2, 0) is 11.2 Å². The van der Waals surface area contributed by atoms with Crippen molar-refractivity contribution < 1.29 is 14.4 Å². The number of nitrogens with zero attached hydrogens (tertiary/aromatic N) is 2. The molecular formula is C36H47Cl2N3O3. The first-order valence-corrected chi connectivity index (χ1v) is 16.5. The average molecular weight is 641 g/mol. The molecule has 1 heterocycles. The van der Waals surface area contributed by atoms with E-state index in [9.17, 15) is 14.4 Å². The third kappa shape index (κ3) is 10.3. The van der Waals surface area contributed by atoms with Gasteiger partial charge in [0.15, 0.2) is 0 Å². The van der Waals surface area contributed by atoms with Crippen LogP contribution in [0.3, 0.4) is 0 Å². The molecule has 0 spiro atoms. The van der Waals surface area contributed by atoms with Gasteiger partial charge in [-0.25, -0.2) is 0 Å². The van der Waals surface area contributed by atoms with E-state index in [1.54, 1.807) is 12.1 Å². The number of benzene rings is 3. The molecule has 44 heavy (non-hydrogen) atoms. The van der Waals surface area contributed by atoms with Gasteiger partial charge in [-0.1, -0.05) is 64.1 Å². The molecule has 0 saturated heterocycles. The summed E-state index contributed by atoms with van der Waals surface area (Å²) in [6, 6.07) is 17.4. The van der Waals surface area contributed by atoms with Crippen molar-refractivity contribution in [3.63, 3.8) is 0 Å². The zero-order valence-corrected chi connectivity index (χ0v) is 28.5. The molecule has 3 aromatic rings. The SMILES string of the molecule is CC(C)(C)C.CN(C)CCN1C(=O)c2cccc3cc(NC(=O)CCCc4ccc(C(CCCl)CCCl)cc4)cc(c23)C1=O. The van der Waals surface area contributed by atoms with Gasteiger partial charge in [0.2, 0.25) is 5.91 Å². The van der Waals surface area contributed by atoms with E-state index < -0.39 is 0 Å². The lowest BCUT2D eigenvalue weighted by molar-refractivity contribution is -0.116. The van der Waals surface area contributed by atoms with E-state index in [1.807, 2.05) is 37.2 Å². The zero-order chi connectivity index (χ0) is 32.4. The average Bonchev–Trinajstić information content (AvgIpc) is 2.95. The summed E-state index contributed by atoms with van der Waals surface area (Å²) in [4.78, 5) is 42.3. The molecular weight excluding hydrogens is 593 g/mol. The standard InChI is InChI=1S/C31H35Cl2N3O3.C5H12/c1-35(2)17-18-36-30(38)26-7-4-6-24-19-25(20-27(29(24)26)31(36)39)34-28(37)8-3-5-21-9-11-22(12-10-21)23(13-15-32)14-16-33;1-5(2,3)4/h4,6-7,9-12,19-20,23H,3,5,8,13-18H2,1-2H3,(H,34,37);1-4H3. The Morgan fingerprint density at radius 3 is 2.11 bits per heavy atom. The van der Waals surface area contributed by atoms with Gasteiger partial charge in [-0.3, -0.25) is 19.3 Å². The quantitative estimate of drug-likeness (QED) is 0.151. The lowest BCUT2D eigenvalue weighted by atomic mass is 9.92. The number of rotatable bonds is 13. The Hall–Kier alpha value is -2.93. The highest BCUT2D eigenvalue weighted by Gasteiger charge is 2.33. The van der Waals surface area contributed by atoms with Crippen molar-refractivity contribution in [2.45, 2.75) is 65.7 Å². The molecule has 8 heteroatoms. The topological polar surface area (TPSA) is 69.7 Å². The number of carbonyl (C=O) groups is 3. The second kappa shape index (κ2) is 16.4. The predicted molar refractivity (Wildman–Crippen MR) is 184 cm³/mol. The number of aryl methyl sites for hydroxylation is 1. The summed E-state index contributed by atoms with van der Waals surface area (Å²) in [5, 5.41) is 4.37. The highest BCUT2D eigenvalue weighted by molar-refractivity contribution is 6.26. The molecule has 3 aromatic carbocycles. The second-order valence-electron chi connectivity index (χ2n) is 13.3. The molecule has 0 aromatic heterocycles. The third-order valence-electron chi connectivity index (χ3n) is 7.22. The smallest absolute Gasteiger partial charge is 0.261 e. The number of hydrogen-bond acceptors (Lipinski definition) is 4. The van der Waals surface area contributed by atoms with Crippen LogP contribution in [0.2, 0.25) is 0 Å². The molecule has 1 aliphatic rings. The summed E-state index contributed by atoms with van der Waals surface area (Å²) >= 11 is 11.9. The molecule has 4 rings (SSSR count). The Bertz CT molecular complexity index is 1420. The van der Waals surface area contributed by atoms with E-state index in [0.29, 0.717) is 71.2 Å². The summed E-state index contributed by atoms with van der Waals surface area (Å²) < 4.78 is 0. The monoisotopic (exact) mass is 639 g/mol. The van der Waals surface area contributed by atoms with Crippen LogP contribution in [-0.4, -0.2) is 66.5 Å². The first-order chi connectivity index (χ1) is 20.8. The van der Waals surface area contributed by atoms with Crippen molar-refractivity contribution in [3.8, 4) is 0 Å². The van der Waals surface area contributed by atoms with Crippen LogP contribution in [0.15, 0.2) is 54.6 Å². The molecule has 0 aliphatic carbocycles. The van der Waals surface area contributed by atoms with Gasteiger partial charge in [0.25, 0.3) is 11.8 Å². The van der Waals surface area contributed by atoms with Crippen molar-refractivity contribution >= 4 is 57.4 Å². The summed E-state index contributed by atoms with van der Waals surface area (Å²) in [7, 11) is 3.80. The molecule has 0 saturated carbocycles. The van der Waals surface area contributed by atoms with Crippen LogP contribution in [0.5, 0.6) is 0 Å². The normalized spacial score (nSPS) is 13.0. The molecule has 6 nitrogen and oxygen atoms in total. The Morgan fingerprint density at radius 2 is 1.52 bits per heavy atom. The van der Waals surface area contributed by atoms with Gasteiger partial charge in [0.05, 0.1) is 5.56 Å². The van der Waals surface area contributed by atoms with E-state index in [-0.39, 0.29) is 17.7 Å². The van der Waals surface area contributed by atoms with E-state index in [4.69, 9.17) is 23.2 Å². The minimum absolute atomic E-state index is 0.109. The minimum atomic E-state index is -0.329. The van der Waals surface area contributed by atoms with E-state index in [0.717, 1.165) is 24.6 Å². The van der Waals surface area contributed by atoms with E-state index in [2.05, 4.69) is 57.3 Å². The van der Waals surface area contributed by atoms with Crippen LogP contribution in [0.4, 0.5) is 5.69 Å². The van der Waals surface area contributed by atoms with Crippen molar-refractivity contribution in [3.05, 3.63) is 76.9 Å². The second-order valence-corrected chi connectivity index (χ2v) is 14.0. The molecule has 0 fully saturated rings. The number of amides is 3. The number of alkyl halides is 2. The van der Waals surface area contributed by atoms with Crippen molar-refractivity contribution in [2.75, 3.05) is 44.3 Å². The van der Waals surface area contributed by atoms with Gasteiger partial charge in [-0.2, -0.15) is 0 Å². The van der Waals surface area contributed by atoms with Crippen LogP contribution in [0.25, 0.3) is 10.8 Å². The largest absolute Gasteiger partial charge is 0.326 e. The lowest BCUT2D eigenvalue weighted by Crippen LogP contribution is -2.43. The Labute approximate surface area is 273 Å². The summed E-state index contributed by atoms with van der Waals surface area (Å²) in [5.41, 5.74) is 4.44. The molecule has 0 unspecified atom stereocenters. The van der Waals surface area contributed by atoms with Gasteiger partial charge < -0.3 is 10.2 Å². The lowest BCUT2D eigenvalue weighted by Gasteiger charge is -2.28. The van der Waals surface area contributed by atoms with Gasteiger partial charge >= 0.3 is 0 Å². The number of likely N-dealkylation sites (N-methyl/N-ethyl adjacent to an activating group) is 1. The number of carbonyl (C=O) groups excluding carboxylic acids is 3. The fourth-order valence-corrected chi connectivity index (χ4v) is 5.63. The fraction of sp³-hybridized carbons (Fsp3) is 0.472. The van der Waals surface area contributed by atoms with Gasteiger partial charge in [0, 0.05) is 47.9 Å². The first-order valence-electron chi connectivity index (χ1n) is 15.4. The summed E-state index contributed by atoms with van der Waals surface area (Å²) in [6.45, 7) is 9.63. The highest BCUT2D eigenvalue weighted by atomic mass is 35.5. The summed E-state index contributed by atoms with van der Waals surface area (Å²) in [5.74, 6) is 0.872.